The molecule has 0 bridgehead atoms. The van der Waals surface area contributed by atoms with Crippen LogP contribution in [0.3, 0.4) is 0 Å². The molecule has 0 saturated carbocycles. The molecule has 1 unspecified atom stereocenters. The molecule has 7 nitrogen and oxygen atoms in total. The van der Waals surface area contributed by atoms with Crippen LogP contribution in [0, 0.1) is 0 Å². The Morgan fingerprint density at radius 1 is 1.15 bits per heavy atom. The van der Waals surface area contributed by atoms with Gasteiger partial charge in [-0.25, -0.2) is 9.79 Å². The first kappa shape index (κ1) is 22.5. The van der Waals surface area contributed by atoms with Crippen molar-refractivity contribution in [2.75, 3.05) is 20.8 Å². The second-order valence-electron chi connectivity index (χ2n) is 7.32. The summed E-state index contributed by atoms with van der Waals surface area (Å²) in [5, 5.41) is 0. The Morgan fingerprint density at radius 3 is 2.67 bits per heavy atom. The van der Waals surface area contributed by atoms with Gasteiger partial charge in [-0.2, -0.15) is 0 Å². The molecule has 3 aromatic rings. The van der Waals surface area contributed by atoms with Gasteiger partial charge in [-0.3, -0.25) is 9.36 Å². The molecule has 2 aromatic carbocycles. The van der Waals surface area contributed by atoms with Gasteiger partial charge >= 0.3 is 5.97 Å². The first-order valence-corrected chi connectivity index (χ1v) is 11.3. The molecule has 4 rings (SSSR count). The highest BCUT2D eigenvalue weighted by atomic mass is 32.1. The summed E-state index contributed by atoms with van der Waals surface area (Å²) in [5.74, 6) is 0.766. The number of rotatable bonds is 6. The predicted octanol–water partition coefficient (Wildman–Crippen LogP) is 2.82. The van der Waals surface area contributed by atoms with Gasteiger partial charge < -0.3 is 14.2 Å². The molecule has 1 aliphatic rings. The van der Waals surface area contributed by atoms with Gasteiger partial charge in [0, 0.05) is 5.56 Å². The Balaban J connectivity index is 1.98. The minimum Gasteiger partial charge on any atom is -0.497 e. The molecule has 33 heavy (non-hydrogen) atoms. The average molecular weight is 465 g/mol. The highest BCUT2D eigenvalue weighted by molar-refractivity contribution is 7.07. The summed E-state index contributed by atoms with van der Waals surface area (Å²) < 4.78 is 18.2. The van der Waals surface area contributed by atoms with Crippen molar-refractivity contribution in [2.24, 2.45) is 4.99 Å². The van der Waals surface area contributed by atoms with Crippen molar-refractivity contribution >= 4 is 23.4 Å². The Labute approximate surface area is 194 Å². The van der Waals surface area contributed by atoms with E-state index < -0.39 is 12.0 Å². The second kappa shape index (κ2) is 9.46. The lowest BCUT2D eigenvalue weighted by Gasteiger charge is -2.25. The number of nitrogens with zero attached hydrogens (tertiary/aromatic N) is 2. The average Bonchev–Trinajstić information content (AvgIpc) is 3.12. The zero-order valence-electron chi connectivity index (χ0n) is 18.8. The van der Waals surface area contributed by atoms with Gasteiger partial charge in [-0.05, 0) is 43.7 Å². The molecular formula is C25H24N2O5S. The molecule has 1 aromatic heterocycles. The summed E-state index contributed by atoms with van der Waals surface area (Å²) in [7, 11) is 3.16. The lowest BCUT2D eigenvalue weighted by Crippen LogP contribution is -2.40. The number of allylic oxidation sites excluding steroid dienone is 1. The number of aromatic nitrogens is 1. The van der Waals surface area contributed by atoms with Crippen LogP contribution < -0.4 is 24.4 Å². The molecule has 1 aliphatic heterocycles. The van der Waals surface area contributed by atoms with E-state index in [9.17, 15) is 9.59 Å². The third kappa shape index (κ3) is 4.21. The van der Waals surface area contributed by atoms with E-state index in [2.05, 4.69) is 4.99 Å². The number of carbonyl (C=O) groups is 1. The molecule has 0 spiro atoms. The quantitative estimate of drug-likeness (QED) is 0.524. The van der Waals surface area contributed by atoms with Crippen LogP contribution in [0.15, 0.2) is 69.6 Å². The maximum absolute atomic E-state index is 13.6. The number of carbonyl (C=O) groups excluding carboxylic acids is 1. The SMILES string of the molecule is CCOC(=O)C1=C(C)N=c2s/c(=C\c3cccc(OC)c3)c(=O)n2C1c1ccccc1OC. The van der Waals surface area contributed by atoms with Crippen LogP contribution in [-0.4, -0.2) is 31.4 Å². The fourth-order valence-electron chi connectivity index (χ4n) is 3.86. The van der Waals surface area contributed by atoms with E-state index in [1.807, 2.05) is 42.5 Å². The van der Waals surface area contributed by atoms with Gasteiger partial charge in [-0.15, -0.1) is 0 Å². The number of ether oxygens (including phenoxy) is 3. The van der Waals surface area contributed by atoms with Crippen molar-refractivity contribution in [3.8, 4) is 11.5 Å². The van der Waals surface area contributed by atoms with Crippen LogP contribution in [0.5, 0.6) is 11.5 Å². The van der Waals surface area contributed by atoms with Crippen molar-refractivity contribution < 1.29 is 19.0 Å². The summed E-state index contributed by atoms with van der Waals surface area (Å²) >= 11 is 1.27. The van der Waals surface area contributed by atoms with E-state index in [1.54, 1.807) is 44.8 Å². The maximum Gasteiger partial charge on any atom is 0.338 e. The highest BCUT2D eigenvalue weighted by Gasteiger charge is 2.34. The Kier molecular flexibility index (Phi) is 6.46. The van der Waals surface area contributed by atoms with Crippen LogP contribution in [0.1, 0.15) is 31.0 Å². The summed E-state index contributed by atoms with van der Waals surface area (Å²) in [5.41, 5.74) is 2.10. The van der Waals surface area contributed by atoms with Gasteiger partial charge in [0.2, 0.25) is 0 Å². The number of fused-ring (bicyclic) bond motifs is 1. The molecular weight excluding hydrogens is 440 g/mol. The Hall–Kier alpha value is -3.65. The monoisotopic (exact) mass is 464 g/mol. The second-order valence-corrected chi connectivity index (χ2v) is 8.33. The Bertz CT molecular complexity index is 1420. The molecule has 8 heteroatoms. The van der Waals surface area contributed by atoms with E-state index in [1.165, 1.54) is 11.3 Å². The maximum atomic E-state index is 13.6. The number of benzene rings is 2. The molecule has 0 N–H and O–H groups in total. The Morgan fingerprint density at radius 2 is 1.94 bits per heavy atom. The predicted molar refractivity (Wildman–Crippen MR) is 126 cm³/mol. The minimum absolute atomic E-state index is 0.217. The van der Waals surface area contributed by atoms with Crippen LogP contribution in [-0.2, 0) is 9.53 Å². The van der Waals surface area contributed by atoms with Crippen molar-refractivity contribution in [1.82, 2.24) is 4.57 Å². The fourth-order valence-corrected chi connectivity index (χ4v) is 4.91. The van der Waals surface area contributed by atoms with Crippen molar-refractivity contribution in [1.29, 1.82) is 0 Å². The number of esters is 1. The van der Waals surface area contributed by atoms with Crippen LogP contribution in [0.4, 0.5) is 0 Å². The highest BCUT2D eigenvalue weighted by Crippen LogP contribution is 2.35. The molecule has 0 amide bonds. The number of para-hydroxylation sites is 1. The van der Waals surface area contributed by atoms with E-state index in [-0.39, 0.29) is 12.2 Å². The zero-order valence-corrected chi connectivity index (χ0v) is 19.6. The summed E-state index contributed by atoms with van der Waals surface area (Å²) in [6.45, 7) is 3.72. The number of methoxy groups -OCH3 is 2. The third-order valence-corrected chi connectivity index (χ3v) is 6.33. The van der Waals surface area contributed by atoms with Crippen LogP contribution in [0.25, 0.3) is 6.08 Å². The largest absolute Gasteiger partial charge is 0.497 e. The van der Waals surface area contributed by atoms with E-state index in [0.717, 1.165) is 5.56 Å². The smallest absolute Gasteiger partial charge is 0.338 e. The summed E-state index contributed by atoms with van der Waals surface area (Å²) in [4.78, 5) is 31.7. The van der Waals surface area contributed by atoms with Crippen molar-refractivity contribution in [3.05, 3.63) is 90.6 Å². The van der Waals surface area contributed by atoms with Gasteiger partial charge in [0.1, 0.15) is 17.5 Å². The van der Waals surface area contributed by atoms with Gasteiger partial charge in [0.05, 0.1) is 36.6 Å². The molecule has 170 valence electrons. The molecule has 0 aliphatic carbocycles. The molecule has 0 saturated heterocycles. The molecule has 0 fully saturated rings. The van der Waals surface area contributed by atoms with E-state index in [4.69, 9.17) is 14.2 Å². The lowest BCUT2D eigenvalue weighted by molar-refractivity contribution is -0.139. The standard InChI is InChI=1S/C25H24N2O5S/c1-5-32-24(29)21-15(2)26-25-27(22(21)18-11-6-7-12-19(18)31-4)23(28)20(33-25)14-16-9-8-10-17(13-16)30-3/h6-14,22H,5H2,1-4H3/b20-14-. The van der Waals surface area contributed by atoms with E-state index in [0.29, 0.717) is 37.7 Å². The van der Waals surface area contributed by atoms with Crippen molar-refractivity contribution in [2.45, 2.75) is 19.9 Å². The summed E-state index contributed by atoms with van der Waals surface area (Å²) in [6.07, 6.45) is 1.80. The van der Waals surface area contributed by atoms with Gasteiger partial charge in [-0.1, -0.05) is 41.7 Å². The third-order valence-electron chi connectivity index (χ3n) is 5.34. The number of hydrogen-bond donors (Lipinski definition) is 0. The topological polar surface area (TPSA) is 79.1 Å². The molecule has 0 radical (unpaired) electrons. The lowest BCUT2D eigenvalue weighted by atomic mass is 9.95. The fraction of sp³-hybridized carbons (Fsp3) is 0.240. The normalized spacial score (nSPS) is 15.6. The zero-order chi connectivity index (χ0) is 23.5. The first-order chi connectivity index (χ1) is 16.0. The number of hydrogen-bond acceptors (Lipinski definition) is 7. The number of thiazole rings is 1. The van der Waals surface area contributed by atoms with Gasteiger partial charge in [0.15, 0.2) is 4.80 Å². The van der Waals surface area contributed by atoms with Crippen LogP contribution in [0.2, 0.25) is 0 Å². The molecule has 2 heterocycles. The van der Waals surface area contributed by atoms with E-state index >= 15 is 0 Å². The van der Waals surface area contributed by atoms with Crippen molar-refractivity contribution in [3.63, 3.8) is 0 Å². The summed E-state index contributed by atoms with van der Waals surface area (Å²) in [6, 6.07) is 14.1. The van der Waals surface area contributed by atoms with Crippen LogP contribution >= 0.6 is 11.3 Å². The molecule has 1 atom stereocenters. The first-order valence-electron chi connectivity index (χ1n) is 10.4. The van der Waals surface area contributed by atoms with Gasteiger partial charge in [0.25, 0.3) is 5.56 Å². The minimum atomic E-state index is -0.719.